The van der Waals surface area contributed by atoms with Crippen LogP contribution in [0.2, 0.25) is 0 Å². The third-order valence-electron chi connectivity index (χ3n) is 2.61. The Hall–Kier alpha value is -0.790. The maximum absolute atomic E-state index is 7.32. The summed E-state index contributed by atoms with van der Waals surface area (Å²) in [6.07, 6.45) is 8.92. The molecule has 3 N–H and O–H groups in total. The van der Waals surface area contributed by atoms with Crippen LogP contribution in [0.15, 0.2) is 0 Å². The average molecular weight is 180 g/mol. The summed E-state index contributed by atoms with van der Waals surface area (Å²) in [7, 11) is 0. The summed E-state index contributed by atoms with van der Waals surface area (Å²) in [6, 6.07) is 0. The number of anilines is 1. The number of nitrogens with one attached hydrogen (secondary N) is 1. The van der Waals surface area contributed by atoms with Gasteiger partial charge in [0.05, 0.1) is 11.0 Å². The molecule has 0 amide bonds. The molecule has 0 aliphatic rings. The summed E-state index contributed by atoms with van der Waals surface area (Å²) >= 11 is 0. The maximum Gasteiger partial charge on any atom is 0.0826 e. The molecule has 0 radical (unpaired) electrons. The van der Waals surface area contributed by atoms with Crippen molar-refractivity contribution < 1.29 is 0 Å². The molecule has 1 aromatic rings. The minimum Gasteiger partial charge on any atom is -0.397 e. The summed E-state index contributed by atoms with van der Waals surface area (Å²) in [5.74, 6) is 0. The van der Waals surface area contributed by atoms with Crippen LogP contribution in [0.4, 0.5) is 5.69 Å². The van der Waals surface area contributed by atoms with Gasteiger partial charge in [-0.1, -0.05) is 39.0 Å². The molecule has 0 unspecified atom stereocenters. The quantitative estimate of drug-likeness (QED) is 0.622. The smallest absolute Gasteiger partial charge is 0.0826 e. The van der Waals surface area contributed by atoms with Gasteiger partial charge in [-0.25, -0.2) is 0 Å². The third kappa shape index (κ3) is 3.21. The van der Waals surface area contributed by atoms with Crippen LogP contribution in [-0.4, -0.2) is 0 Å². The van der Waals surface area contributed by atoms with Crippen molar-refractivity contribution in [2.75, 3.05) is 5.73 Å². The van der Waals surface area contributed by atoms with Crippen molar-refractivity contribution in [1.29, 1.82) is 5.41 Å². The van der Waals surface area contributed by atoms with E-state index in [-0.39, 0.29) is 0 Å². The van der Waals surface area contributed by atoms with Crippen molar-refractivity contribution in [3.63, 3.8) is 0 Å². The molecule has 0 fully saturated rings. The van der Waals surface area contributed by atoms with E-state index >= 15 is 0 Å². The molecule has 1 rings (SSSR count). The zero-order chi connectivity index (χ0) is 9.68. The number of rotatable bonds is 7. The van der Waals surface area contributed by atoms with Crippen LogP contribution in [0.1, 0.15) is 51.0 Å². The molecule has 2 heteroatoms. The Kier molecular flexibility index (Phi) is 4.00. The number of unbranched alkanes of at least 4 members (excludes halogenated alkanes) is 5. The van der Waals surface area contributed by atoms with Gasteiger partial charge in [0.1, 0.15) is 0 Å². The molecule has 0 saturated carbocycles. The zero-order valence-corrected chi connectivity index (χ0v) is 8.53. The second-order valence-electron chi connectivity index (χ2n) is 3.78. The Morgan fingerprint density at radius 3 is 2.15 bits per heavy atom. The van der Waals surface area contributed by atoms with Gasteiger partial charge in [0.25, 0.3) is 0 Å². The number of nitrogens with two attached hydrogens (primary N) is 1. The molecule has 0 bridgehead atoms. The first-order valence-corrected chi connectivity index (χ1v) is 5.35. The van der Waals surface area contributed by atoms with Gasteiger partial charge in [0.2, 0.25) is 0 Å². The van der Waals surface area contributed by atoms with Gasteiger partial charge in [-0.2, -0.15) is 0 Å². The molecule has 0 spiro atoms. The van der Waals surface area contributed by atoms with E-state index in [0.717, 1.165) is 17.7 Å². The molecule has 0 aliphatic heterocycles. The summed E-state index contributed by atoms with van der Waals surface area (Å²) in [5.41, 5.74) is 7.41. The molecule has 1 aromatic carbocycles. The van der Waals surface area contributed by atoms with Gasteiger partial charge in [0.15, 0.2) is 0 Å². The van der Waals surface area contributed by atoms with E-state index in [1.165, 1.54) is 38.5 Å². The Morgan fingerprint density at radius 1 is 1.08 bits per heavy atom. The van der Waals surface area contributed by atoms with Crippen molar-refractivity contribution in [2.24, 2.45) is 0 Å². The fraction of sp³-hybridized carbons (Fsp3) is 0.727. The third-order valence-corrected chi connectivity index (χ3v) is 2.61. The van der Waals surface area contributed by atoms with Crippen molar-refractivity contribution in [2.45, 2.75) is 51.9 Å². The number of nitrogen functional groups attached to an aromatic ring is 1. The van der Waals surface area contributed by atoms with Gasteiger partial charge in [-0.15, -0.1) is 0 Å². The predicted molar refractivity (Wildman–Crippen MR) is 56.2 cm³/mol. The highest BCUT2D eigenvalue weighted by atomic mass is 14.7. The Morgan fingerprint density at radius 2 is 1.62 bits per heavy atom. The van der Waals surface area contributed by atoms with Crippen LogP contribution in [0.25, 0.3) is 0 Å². The number of hydrogen-bond donors (Lipinski definition) is 2. The largest absolute Gasteiger partial charge is 0.397 e. The summed E-state index contributed by atoms with van der Waals surface area (Å²) in [6.45, 7) is 2.23. The van der Waals surface area contributed by atoms with Crippen molar-refractivity contribution in [3.05, 3.63) is 10.9 Å². The lowest BCUT2D eigenvalue weighted by Crippen LogP contribution is -1.85. The topological polar surface area (TPSA) is 49.9 Å². The highest BCUT2D eigenvalue weighted by Gasteiger charge is 2.12. The van der Waals surface area contributed by atoms with Crippen LogP contribution < -0.4 is 11.1 Å². The van der Waals surface area contributed by atoms with E-state index in [1.807, 2.05) is 0 Å². The van der Waals surface area contributed by atoms with Gasteiger partial charge in [-0.3, -0.25) is 5.41 Å². The van der Waals surface area contributed by atoms with E-state index < -0.39 is 0 Å². The Bertz CT molecular complexity index is 256. The molecule has 0 aromatic heterocycles. The van der Waals surface area contributed by atoms with Gasteiger partial charge in [-0.05, 0) is 12.8 Å². The van der Waals surface area contributed by atoms with E-state index in [4.69, 9.17) is 11.1 Å². The first-order valence-electron chi connectivity index (χ1n) is 5.35. The molecular formula is C11H20N2. The van der Waals surface area contributed by atoms with Crippen LogP contribution in [0, 0.1) is 5.41 Å². The van der Waals surface area contributed by atoms with E-state index in [2.05, 4.69) is 6.92 Å². The summed E-state index contributed by atoms with van der Waals surface area (Å²) in [4.78, 5) is 0. The first kappa shape index (κ1) is 10.3. The molecule has 0 heterocycles. The second-order valence-corrected chi connectivity index (χ2v) is 3.78. The highest BCUT2D eigenvalue weighted by Crippen LogP contribution is 2.15. The van der Waals surface area contributed by atoms with Crippen molar-refractivity contribution in [3.8, 4) is 0 Å². The minimum atomic E-state index is 0.619. The van der Waals surface area contributed by atoms with Crippen molar-refractivity contribution >= 4 is 5.69 Å². The van der Waals surface area contributed by atoms with E-state index in [1.54, 1.807) is 0 Å². The monoisotopic (exact) mass is 180 g/mol. The molecule has 2 nitrogen and oxygen atoms in total. The summed E-state index contributed by atoms with van der Waals surface area (Å²) in [5, 5.41) is 7.94. The highest BCUT2D eigenvalue weighted by molar-refractivity contribution is 5.58. The molecule has 74 valence electrons. The molecule has 0 saturated heterocycles. The van der Waals surface area contributed by atoms with Crippen LogP contribution in [0.5, 0.6) is 0 Å². The first-order chi connectivity index (χ1) is 6.27. The van der Waals surface area contributed by atoms with Gasteiger partial charge >= 0.3 is 0 Å². The molecule has 0 atom stereocenters. The lowest BCUT2D eigenvalue weighted by Gasteiger charge is -1.97. The fourth-order valence-corrected chi connectivity index (χ4v) is 1.58. The van der Waals surface area contributed by atoms with Crippen LogP contribution in [0.3, 0.4) is 0 Å². The lowest BCUT2D eigenvalue weighted by atomic mass is 10.1. The van der Waals surface area contributed by atoms with E-state index in [9.17, 15) is 0 Å². The standard InChI is InChI=1S/C11H20N2/c1-2-3-4-5-6-7-8-9-10(12)11(9)13/h12H,2-8,13H2,1H3. The number of hydrogen-bond acceptors (Lipinski definition) is 2. The van der Waals surface area contributed by atoms with Crippen LogP contribution in [-0.2, 0) is 6.42 Å². The molecule has 13 heavy (non-hydrogen) atoms. The van der Waals surface area contributed by atoms with Crippen LogP contribution >= 0.6 is 0 Å². The molecular weight excluding hydrogens is 160 g/mol. The van der Waals surface area contributed by atoms with E-state index in [0.29, 0.717) is 5.36 Å². The van der Waals surface area contributed by atoms with Gasteiger partial charge in [0, 0.05) is 5.56 Å². The maximum atomic E-state index is 7.32. The lowest BCUT2D eigenvalue weighted by molar-refractivity contribution is 0.609. The average Bonchev–Trinajstić information content (AvgIpc) is 2.68. The van der Waals surface area contributed by atoms with Gasteiger partial charge < -0.3 is 5.73 Å². The Labute approximate surface area is 80.3 Å². The van der Waals surface area contributed by atoms with Crippen molar-refractivity contribution in [1.82, 2.24) is 0 Å². The minimum absolute atomic E-state index is 0.619. The zero-order valence-electron chi connectivity index (χ0n) is 8.53. The summed E-state index contributed by atoms with van der Waals surface area (Å²) < 4.78 is 0. The molecule has 0 aliphatic carbocycles. The predicted octanol–water partition coefficient (Wildman–Crippen LogP) is 2.53. The second kappa shape index (κ2) is 5.05. The fourth-order valence-electron chi connectivity index (χ4n) is 1.58. The SMILES string of the molecule is CCCCCCCCc1c(N)c1=N. The Balaban J connectivity index is 1.91. The normalized spacial score (nSPS) is 11.2.